The molecule has 6 nitrogen and oxygen atoms in total. The number of alkyl halides is 3. The Bertz CT molecular complexity index is 1370. The van der Waals surface area contributed by atoms with Crippen LogP contribution in [0.1, 0.15) is 32.2 Å². The summed E-state index contributed by atoms with van der Waals surface area (Å²) in [4.78, 5) is 23.7. The average Bonchev–Trinajstić information content (AvgIpc) is 3.26. The number of hydrogen-bond acceptors (Lipinski definition) is 6. The lowest BCUT2D eigenvalue weighted by atomic mass is 10.1. The van der Waals surface area contributed by atoms with E-state index in [0.29, 0.717) is 5.69 Å². The maximum Gasteiger partial charge on any atom is 0.433 e. The van der Waals surface area contributed by atoms with Crippen molar-refractivity contribution in [1.82, 2.24) is 15.0 Å². The summed E-state index contributed by atoms with van der Waals surface area (Å²) in [6.45, 7) is 1.88. The van der Waals surface area contributed by atoms with E-state index in [1.165, 1.54) is 23.5 Å². The minimum Gasteiger partial charge on any atom is -0.478 e. The van der Waals surface area contributed by atoms with Crippen molar-refractivity contribution in [3.63, 3.8) is 0 Å². The van der Waals surface area contributed by atoms with Gasteiger partial charge in [-0.2, -0.15) is 13.2 Å². The first-order valence-corrected chi connectivity index (χ1v) is 10.8. The van der Waals surface area contributed by atoms with E-state index in [2.05, 4.69) is 20.3 Å². The Kier molecular flexibility index (Phi) is 6.42. The summed E-state index contributed by atoms with van der Waals surface area (Å²) in [5.74, 6) is -1.13. The number of halogens is 3. The number of carbonyl (C=O) groups is 1. The number of carboxylic acid groups (broad SMARTS) is 1. The lowest BCUT2D eigenvalue weighted by Crippen LogP contribution is -2.10. The highest BCUT2D eigenvalue weighted by Crippen LogP contribution is 2.32. The molecule has 10 heteroatoms. The van der Waals surface area contributed by atoms with Gasteiger partial charge in [-0.15, -0.1) is 11.3 Å². The van der Waals surface area contributed by atoms with Gasteiger partial charge in [-0.3, -0.25) is 0 Å². The van der Waals surface area contributed by atoms with Gasteiger partial charge < -0.3 is 10.4 Å². The Balaban J connectivity index is 1.53. The summed E-state index contributed by atoms with van der Waals surface area (Å²) < 4.78 is 38.8. The van der Waals surface area contributed by atoms with Crippen LogP contribution < -0.4 is 5.32 Å². The van der Waals surface area contributed by atoms with E-state index < -0.39 is 17.8 Å². The van der Waals surface area contributed by atoms with E-state index in [1.807, 2.05) is 25.1 Å². The fourth-order valence-corrected chi connectivity index (χ4v) is 3.91. The average molecular weight is 482 g/mol. The molecule has 4 rings (SSSR count). The van der Waals surface area contributed by atoms with Crippen LogP contribution in [0.25, 0.3) is 22.6 Å². The summed E-state index contributed by atoms with van der Waals surface area (Å²) >= 11 is 1.44. The normalized spacial score (nSPS) is 11.6. The summed E-state index contributed by atoms with van der Waals surface area (Å²) in [6.07, 6.45) is 1.89. The Morgan fingerprint density at radius 1 is 1.06 bits per heavy atom. The minimum atomic E-state index is -4.55. The van der Waals surface area contributed by atoms with Gasteiger partial charge in [-0.25, -0.2) is 19.7 Å². The summed E-state index contributed by atoms with van der Waals surface area (Å²) in [7, 11) is 0. The Labute approximate surface area is 196 Å². The Morgan fingerprint density at radius 3 is 2.53 bits per heavy atom. The van der Waals surface area contributed by atoms with Crippen LogP contribution in [-0.4, -0.2) is 26.0 Å². The zero-order chi connectivity index (χ0) is 24.3. The molecule has 0 bridgehead atoms. The van der Waals surface area contributed by atoms with Crippen LogP contribution in [0, 0.1) is 6.92 Å². The summed E-state index contributed by atoms with van der Waals surface area (Å²) in [5, 5.41) is 12.6. The molecule has 2 heterocycles. The molecule has 0 aliphatic carbocycles. The van der Waals surface area contributed by atoms with Crippen molar-refractivity contribution in [2.45, 2.75) is 13.1 Å². The molecule has 0 atom stereocenters. The molecule has 2 aromatic carbocycles. The molecule has 0 aliphatic heterocycles. The molecular formula is C24H17F3N4O2S. The van der Waals surface area contributed by atoms with Gasteiger partial charge in [0, 0.05) is 18.1 Å². The van der Waals surface area contributed by atoms with Crippen molar-refractivity contribution < 1.29 is 23.1 Å². The van der Waals surface area contributed by atoms with Gasteiger partial charge in [-0.05, 0) is 60.0 Å². The zero-order valence-electron chi connectivity index (χ0n) is 17.7. The van der Waals surface area contributed by atoms with Gasteiger partial charge in [-0.1, -0.05) is 24.3 Å². The highest BCUT2D eigenvalue weighted by atomic mass is 32.1. The monoisotopic (exact) mass is 482 g/mol. The highest BCUT2D eigenvalue weighted by Gasteiger charge is 2.32. The molecule has 0 saturated carbocycles. The SMILES string of the molecule is Cc1cc(Nc2nccc(C(F)(F)F)n2)cc(-c2cnc(/C=C/c3ccc(C(=O)O)cc3)s2)c1. The molecule has 0 radical (unpaired) electrons. The third kappa shape index (κ3) is 5.65. The number of benzene rings is 2. The predicted molar refractivity (Wildman–Crippen MR) is 125 cm³/mol. The molecule has 0 amide bonds. The standard InChI is InChI=1S/C24H17F3N4O2S/c1-14-10-17(12-18(11-14)30-23-28-9-8-20(31-23)24(25,26)27)19-13-29-21(34-19)7-4-15-2-5-16(6-3-15)22(32)33/h2-13H,1H3,(H,32,33)(H,28,30,31)/b7-4+. The number of nitrogens with zero attached hydrogens (tertiary/aromatic N) is 3. The number of carboxylic acids is 1. The van der Waals surface area contributed by atoms with Crippen LogP contribution in [-0.2, 0) is 6.18 Å². The predicted octanol–water partition coefficient (Wildman–Crippen LogP) is 6.54. The number of aromatic nitrogens is 3. The molecule has 0 unspecified atom stereocenters. The first-order chi connectivity index (χ1) is 16.2. The van der Waals surface area contributed by atoms with Gasteiger partial charge in [0.15, 0.2) is 0 Å². The minimum absolute atomic E-state index is 0.145. The topological polar surface area (TPSA) is 88.0 Å². The summed E-state index contributed by atoms with van der Waals surface area (Å²) in [6, 6.07) is 12.8. The van der Waals surface area contributed by atoms with E-state index in [1.54, 1.807) is 30.5 Å². The molecule has 0 saturated heterocycles. The summed E-state index contributed by atoms with van der Waals surface area (Å²) in [5.41, 5.74) is 2.33. The smallest absolute Gasteiger partial charge is 0.433 e. The molecule has 2 N–H and O–H groups in total. The van der Waals surface area contributed by atoms with Crippen LogP contribution in [0.5, 0.6) is 0 Å². The molecule has 172 valence electrons. The van der Waals surface area contributed by atoms with Crippen molar-refractivity contribution in [2.24, 2.45) is 0 Å². The number of thiazole rings is 1. The molecule has 2 aromatic heterocycles. The molecule has 4 aromatic rings. The van der Waals surface area contributed by atoms with Crippen molar-refractivity contribution in [3.8, 4) is 10.4 Å². The first kappa shape index (κ1) is 23.1. The van der Waals surface area contributed by atoms with Crippen LogP contribution >= 0.6 is 11.3 Å². The number of aromatic carboxylic acids is 1. The molecule has 0 spiro atoms. The number of nitrogens with one attached hydrogen (secondary N) is 1. The third-order valence-electron chi connectivity index (χ3n) is 4.66. The van der Waals surface area contributed by atoms with Crippen molar-refractivity contribution in [1.29, 1.82) is 0 Å². The second-order valence-corrected chi connectivity index (χ2v) is 8.36. The number of rotatable bonds is 6. The molecule has 0 aliphatic rings. The maximum atomic E-state index is 12.9. The lowest BCUT2D eigenvalue weighted by molar-refractivity contribution is -0.141. The number of hydrogen-bond donors (Lipinski definition) is 2. The van der Waals surface area contributed by atoms with Crippen LogP contribution in [0.4, 0.5) is 24.8 Å². The largest absolute Gasteiger partial charge is 0.478 e. The van der Waals surface area contributed by atoms with Crippen molar-refractivity contribution >= 4 is 41.1 Å². The van der Waals surface area contributed by atoms with Crippen LogP contribution in [0.3, 0.4) is 0 Å². The van der Waals surface area contributed by atoms with Crippen LogP contribution in [0.2, 0.25) is 0 Å². The van der Waals surface area contributed by atoms with E-state index in [4.69, 9.17) is 5.11 Å². The van der Waals surface area contributed by atoms with E-state index in [-0.39, 0.29) is 11.5 Å². The quantitative estimate of drug-likeness (QED) is 0.324. The van der Waals surface area contributed by atoms with Gasteiger partial charge in [0.25, 0.3) is 0 Å². The van der Waals surface area contributed by atoms with Gasteiger partial charge in [0.1, 0.15) is 10.7 Å². The highest BCUT2D eigenvalue weighted by molar-refractivity contribution is 7.16. The second kappa shape index (κ2) is 9.44. The Hall–Kier alpha value is -4.05. The zero-order valence-corrected chi connectivity index (χ0v) is 18.5. The molecule has 34 heavy (non-hydrogen) atoms. The van der Waals surface area contributed by atoms with Gasteiger partial charge in [0.2, 0.25) is 5.95 Å². The maximum absolute atomic E-state index is 12.9. The number of anilines is 2. The van der Waals surface area contributed by atoms with Gasteiger partial charge in [0.05, 0.1) is 10.4 Å². The lowest BCUT2D eigenvalue weighted by Gasteiger charge is -2.10. The molecular weight excluding hydrogens is 465 g/mol. The van der Waals surface area contributed by atoms with E-state index in [9.17, 15) is 18.0 Å². The second-order valence-electron chi connectivity index (χ2n) is 7.30. The first-order valence-electron chi connectivity index (χ1n) is 9.94. The fraction of sp³-hybridized carbons (Fsp3) is 0.0833. The third-order valence-corrected chi connectivity index (χ3v) is 5.68. The van der Waals surface area contributed by atoms with Crippen LogP contribution in [0.15, 0.2) is 60.9 Å². The Morgan fingerprint density at radius 2 is 1.82 bits per heavy atom. The number of aryl methyl sites for hydroxylation is 1. The molecule has 0 fully saturated rings. The van der Waals surface area contributed by atoms with E-state index >= 15 is 0 Å². The van der Waals surface area contributed by atoms with Crippen molar-refractivity contribution in [2.75, 3.05) is 5.32 Å². The van der Waals surface area contributed by atoms with E-state index in [0.717, 1.165) is 38.8 Å². The van der Waals surface area contributed by atoms with Gasteiger partial charge >= 0.3 is 12.1 Å². The van der Waals surface area contributed by atoms with Crippen molar-refractivity contribution in [3.05, 3.63) is 88.3 Å². The fourth-order valence-electron chi connectivity index (χ4n) is 3.11.